The third-order valence-electron chi connectivity index (χ3n) is 5.32. The zero-order valence-corrected chi connectivity index (χ0v) is 16.8. The van der Waals surface area contributed by atoms with Crippen molar-refractivity contribution in [3.8, 4) is 0 Å². The number of pyridine rings is 1. The molecule has 1 atom stereocenters. The van der Waals surface area contributed by atoms with Crippen LogP contribution in [0.4, 0.5) is 10.6 Å². The van der Waals surface area contributed by atoms with Crippen LogP contribution in [0, 0.1) is 11.3 Å². The summed E-state index contributed by atoms with van der Waals surface area (Å²) in [5.74, 6) is -0.0563. The number of nitrogens with two attached hydrogens (primary N) is 1. The first kappa shape index (κ1) is 21.3. The van der Waals surface area contributed by atoms with Gasteiger partial charge in [0.2, 0.25) is 0 Å². The van der Waals surface area contributed by atoms with Crippen molar-refractivity contribution in [2.45, 2.75) is 32.1 Å². The molecule has 8 nitrogen and oxygen atoms in total. The van der Waals surface area contributed by atoms with Gasteiger partial charge in [-0.05, 0) is 48.8 Å². The van der Waals surface area contributed by atoms with E-state index in [1.807, 2.05) is 24.3 Å². The van der Waals surface area contributed by atoms with Crippen LogP contribution in [0.15, 0.2) is 42.6 Å². The van der Waals surface area contributed by atoms with Gasteiger partial charge in [0.1, 0.15) is 11.7 Å². The molecule has 0 radical (unpaired) electrons. The van der Waals surface area contributed by atoms with Crippen LogP contribution in [-0.2, 0) is 17.6 Å². The fourth-order valence-corrected chi connectivity index (χ4v) is 3.74. The first-order valence-corrected chi connectivity index (χ1v) is 10.1. The second-order valence-corrected chi connectivity index (χ2v) is 7.60. The molecular formula is C22H27N5O3. The third-order valence-corrected chi connectivity index (χ3v) is 5.32. The van der Waals surface area contributed by atoms with Gasteiger partial charge in [-0.1, -0.05) is 30.3 Å². The number of aliphatic carboxylic acids is 1. The SMILES string of the molecule is N=C(N)c1ccc(C[C@H]2CCCN(C(=O)Nc3ncccc3CCC(=O)O)C2)cc1. The molecule has 158 valence electrons. The number of benzene rings is 1. The molecule has 30 heavy (non-hydrogen) atoms. The minimum Gasteiger partial charge on any atom is -0.481 e. The molecular weight excluding hydrogens is 382 g/mol. The zero-order chi connectivity index (χ0) is 21.5. The van der Waals surface area contributed by atoms with Crippen LogP contribution < -0.4 is 11.1 Å². The van der Waals surface area contributed by atoms with Crippen molar-refractivity contribution < 1.29 is 14.7 Å². The lowest BCUT2D eigenvalue weighted by molar-refractivity contribution is -0.136. The number of carboxylic acid groups (broad SMARTS) is 1. The fraction of sp³-hybridized carbons (Fsp3) is 0.364. The minimum absolute atomic E-state index is 0.0111. The number of nitrogens with one attached hydrogen (secondary N) is 2. The normalized spacial score (nSPS) is 16.1. The van der Waals surface area contributed by atoms with E-state index < -0.39 is 5.97 Å². The lowest BCUT2D eigenvalue weighted by Crippen LogP contribution is -2.43. The molecule has 2 amide bonds. The maximum atomic E-state index is 12.8. The molecule has 1 saturated heterocycles. The zero-order valence-electron chi connectivity index (χ0n) is 16.8. The van der Waals surface area contributed by atoms with Crippen molar-refractivity contribution in [2.75, 3.05) is 18.4 Å². The number of piperidine rings is 1. The molecule has 2 aromatic rings. The second-order valence-electron chi connectivity index (χ2n) is 7.60. The van der Waals surface area contributed by atoms with E-state index >= 15 is 0 Å². The van der Waals surface area contributed by atoms with Gasteiger partial charge in [-0.3, -0.25) is 15.5 Å². The number of rotatable bonds is 7. The molecule has 0 unspecified atom stereocenters. The average Bonchev–Trinajstić information content (AvgIpc) is 2.73. The van der Waals surface area contributed by atoms with Gasteiger partial charge in [0.05, 0.1) is 0 Å². The Labute approximate surface area is 175 Å². The van der Waals surface area contributed by atoms with E-state index in [-0.39, 0.29) is 18.3 Å². The number of carbonyl (C=O) groups is 2. The van der Waals surface area contributed by atoms with Crippen molar-refractivity contribution in [1.82, 2.24) is 9.88 Å². The maximum Gasteiger partial charge on any atom is 0.323 e. The molecule has 5 N–H and O–H groups in total. The van der Waals surface area contributed by atoms with Crippen LogP contribution in [0.1, 0.15) is 36.0 Å². The number of hydrogen-bond donors (Lipinski definition) is 4. The molecule has 1 aromatic carbocycles. The number of urea groups is 1. The van der Waals surface area contributed by atoms with E-state index in [1.165, 1.54) is 0 Å². The van der Waals surface area contributed by atoms with Gasteiger partial charge in [0, 0.05) is 31.3 Å². The maximum absolute atomic E-state index is 12.8. The summed E-state index contributed by atoms with van der Waals surface area (Å²) in [6.45, 7) is 1.33. The molecule has 0 aliphatic carbocycles. The van der Waals surface area contributed by atoms with Gasteiger partial charge in [-0.25, -0.2) is 9.78 Å². The molecule has 1 aromatic heterocycles. The Morgan fingerprint density at radius 2 is 2.03 bits per heavy atom. The number of carboxylic acids is 1. The summed E-state index contributed by atoms with van der Waals surface area (Å²) >= 11 is 0. The molecule has 1 fully saturated rings. The summed E-state index contributed by atoms with van der Waals surface area (Å²) < 4.78 is 0. The lowest BCUT2D eigenvalue weighted by atomic mass is 9.91. The highest BCUT2D eigenvalue weighted by atomic mass is 16.4. The van der Waals surface area contributed by atoms with E-state index in [2.05, 4.69) is 10.3 Å². The van der Waals surface area contributed by atoms with Gasteiger partial charge in [-0.15, -0.1) is 0 Å². The Hall–Kier alpha value is -3.42. The van der Waals surface area contributed by atoms with Crippen molar-refractivity contribution in [3.63, 3.8) is 0 Å². The first-order chi connectivity index (χ1) is 14.4. The highest BCUT2D eigenvalue weighted by Gasteiger charge is 2.24. The predicted octanol–water partition coefficient (Wildman–Crippen LogP) is 2.87. The number of amidine groups is 1. The molecule has 8 heteroatoms. The number of aryl methyl sites for hydroxylation is 1. The monoisotopic (exact) mass is 409 g/mol. The van der Waals surface area contributed by atoms with Crippen molar-refractivity contribution in [2.24, 2.45) is 11.7 Å². The van der Waals surface area contributed by atoms with E-state index in [1.54, 1.807) is 23.2 Å². The van der Waals surface area contributed by atoms with Gasteiger partial charge < -0.3 is 15.7 Å². The highest BCUT2D eigenvalue weighted by molar-refractivity contribution is 5.94. The molecule has 3 rings (SSSR count). The smallest absolute Gasteiger partial charge is 0.323 e. The minimum atomic E-state index is -0.883. The Balaban J connectivity index is 1.59. The van der Waals surface area contributed by atoms with E-state index in [0.29, 0.717) is 42.4 Å². The third kappa shape index (κ3) is 5.79. The average molecular weight is 409 g/mol. The van der Waals surface area contributed by atoms with E-state index in [0.717, 1.165) is 24.8 Å². The quantitative estimate of drug-likeness (QED) is 0.412. The van der Waals surface area contributed by atoms with Crippen molar-refractivity contribution in [3.05, 3.63) is 59.3 Å². The first-order valence-electron chi connectivity index (χ1n) is 10.1. The standard InChI is InChI=1S/C22H27N5O3/c23-20(24)17-7-5-15(6-8-17)13-16-3-2-12-27(14-16)22(30)26-21-18(4-1-11-25-21)9-10-19(28)29/h1,4-8,11,16H,2-3,9-10,12-14H2,(H3,23,24)(H,28,29)(H,25,26,30)/t16-/m1/s1. The number of aromatic nitrogens is 1. The number of likely N-dealkylation sites (tertiary alicyclic amines) is 1. The molecule has 0 bridgehead atoms. The Kier molecular flexibility index (Phi) is 7.00. The van der Waals surface area contributed by atoms with Crippen molar-refractivity contribution in [1.29, 1.82) is 5.41 Å². The number of hydrogen-bond acceptors (Lipinski definition) is 4. The van der Waals surface area contributed by atoms with Crippen LogP contribution >= 0.6 is 0 Å². The Bertz CT molecular complexity index is 913. The molecule has 1 aliphatic rings. The summed E-state index contributed by atoms with van der Waals surface area (Å²) in [6.07, 6.45) is 4.73. The van der Waals surface area contributed by atoms with Crippen LogP contribution in [0.25, 0.3) is 0 Å². The van der Waals surface area contributed by atoms with Gasteiger partial charge in [-0.2, -0.15) is 0 Å². The number of nitrogens with zero attached hydrogens (tertiary/aromatic N) is 2. The Morgan fingerprint density at radius 1 is 1.27 bits per heavy atom. The largest absolute Gasteiger partial charge is 0.481 e. The van der Waals surface area contributed by atoms with Gasteiger partial charge in [0.15, 0.2) is 0 Å². The molecule has 1 aliphatic heterocycles. The highest BCUT2D eigenvalue weighted by Crippen LogP contribution is 2.22. The number of nitrogen functional groups attached to an aromatic ring is 1. The van der Waals surface area contributed by atoms with Crippen LogP contribution in [0.5, 0.6) is 0 Å². The van der Waals surface area contributed by atoms with E-state index in [9.17, 15) is 9.59 Å². The van der Waals surface area contributed by atoms with Crippen LogP contribution in [-0.4, -0.2) is 45.9 Å². The number of carbonyl (C=O) groups excluding carboxylic acids is 1. The lowest BCUT2D eigenvalue weighted by Gasteiger charge is -2.33. The second kappa shape index (κ2) is 9.87. The van der Waals surface area contributed by atoms with Gasteiger partial charge >= 0.3 is 12.0 Å². The van der Waals surface area contributed by atoms with Crippen LogP contribution in [0.3, 0.4) is 0 Å². The van der Waals surface area contributed by atoms with Crippen LogP contribution in [0.2, 0.25) is 0 Å². The molecule has 0 spiro atoms. The summed E-state index contributed by atoms with van der Waals surface area (Å²) in [6, 6.07) is 11.0. The number of amides is 2. The fourth-order valence-electron chi connectivity index (χ4n) is 3.74. The summed E-state index contributed by atoms with van der Waals surface area (Å²) in [4.78, 5) is 29.7. The Morgan fingerprint density at radius 3 is 2.73 bits per heavy atom. The molecule has 2 heterocycles. The summed E-state index contributed by atoms with van der Waals surface area (Å²) in [7, 11) is 0. The van der Waals surface area contributed by atoms with E-state index in [4.69, 9.17) is 16.2 Å². The molecule has 0 saturated carbocycles. The van der Waals surface area contributed by atoms with Crippen molar-refractivity contribution >= 4 is 23.7 Å². The number of anilines is 1. The topological polar surface area (TPSA) is 132 Å². The van der Waals surface area contributed by atoms with Gasteiger partial charge in [0.25, 0.3) is 0 Å². The predicted molar refractivity (Wildman–Crippen MR) is 115 cm³/mol. The summed E-state index contributed by atoms with van der Waals surface area (Å²) in [5.41, 5.74) is 8.09. The summed E-state index contributed by atoms with van der Waals surface area (Å²) in [5, 5.41) is 19.2.